The van der Waals surface area contributed by atoms with Crippen molar-refractivity contribution in [3.63, 3.8) is 0 Å². The summed E-state index contributed by atoms with van der Waals surface area (Å²) in [5.41, 5.74) is 0.717. The molecular weight excluding hydrogens is 200 g/mol. The number of benzene rings is 1. The molecule has 0 aliphatic heterocycles. The third-order valence-electron chi connectivity index (χ3n) is 1.73. The molecule has 0 bridgehead atoms. The van der Waals surface area contributed by atoms with Gasteiger partial charge in [0.25, 0.3) is 0 Å². The second-order valence-corrected chi connectivity index (χ2v) is 2.87. The fourth-order valence-electron chi connectivity index (χ4n) is 0.950. The highest BCUT2D eigenvalue weighted by molar-refractivity contribution is 5.75. The van der Waals surface area contributed by atoms with Crippen molar-refractivity contribution in [2.75, 3.05) is 7.11 Å². The summed E-state index contributed by atoms with van der Waals surface area (Å²) in [5.74, 6) is -4.15. The molecule has 5 nitrogen and oxygen atoms in total. The van der Waals surface area contributed by atoms with Crippen LogP contribution in [0.25, 0.3) is 0 Å². The van der Waals surface area contributed by atoms with Crippen molar-refractivity contribution < 1.29 is 24.5 Å². The van der Waals surface area contributed by atoms with Gasteiger partial charge in [0.1, 0.15) is 0 Å². The first kappa shape index (κ1) is 11.6. The molecule has 0 atom stereocenters. The zero-order chi connectivity index (χ0) is 11.3. The van der Waals surface area contributed by atoms with Gasteiger partial charge in [0.2, 0.25) is 0 Å². The quantitative estimate of drug-likeness (QED) is 0.543. The number of rotatable bonds is 4. The summed E-state index contributed by atoms with van der Waals surface area (Å²) >= 11 is 0. The number of methoxy groups -OCH3 is 1. The predicted molar refractivity (Wildman–Crippen MR) is 50.4 cm³/mol. The Morgan fingerprint density at radius 3 is 2.47 bits per heavy atom. The van der Waals surface area contributed by atoms with Crippen LogP contribution in [0.15, 0.2) is 30.3 Å². The Bertz CT molecular complexity index is 320. The van der Waals surface area contributed by atoms with Gasteiger partial charge in [0, 0.05) is 0 Å². The first-order valence-electron chi connectivity index (χ1n) is 4.27. The molecule has 0 amide bonds. The Kier molecular flexibility index (Phi) is 3.79. The minimum atomic E-state index is -2.90. The fraction of sp³-hybridized carbons (Fsp3) is 0.300. The van der Waals surface area contributed by atoms with Crippen LogP contribution >= 0.6 is 0 Å². The van der Waals surface area contributed by atoms with E-state index in [-0.39, 0.29) is 6.61 Å². The van der Waals surface area contributed by atoms with Crippen LogP contribution in [0.3, 0.4) is 0 Å². The summed E-state index contributed by atoms with van der Waals surface area (Å²) in [6.07, 6.45) is 0. The largest absolute Gasteiger partial charge is 0.463 e. The van der Waals surface area contributed by atoms with E-state index in [9.17, 15) is 4.79 Å². The van der Waals surface area contributed by atoms with Gasteiger partial charge < -0.3 is 19.7 Å². The topological polar surface area (TPSA) is 76.0 Å². The van der Waals surface area contributed by atoms with Crippen molar-refractivity contribution in [3.8, 4) is 0 Å². The van der Waals surface area contributed by atoms with E-state index in [4.69, 9.17) is 10.2 Å². The number of carbonyl (C=O) groups excluding carboxylic acids is 1. The number of esters is 1. The van der Waals surface area contributed by atoms with Crippen LogP contribution in [0.2, 0.25) is 0 Å². The van der Waals surface area contributed by atoms with Crippen LogP contribution in [0.4, 0.5) is 0 Å². The molecule has 0 saturated carbocycles. The van der Waals surface area contributed by atoms with Crippen LogP contribution in [-0.2, 0) is 20.9 Å². The van der Waals surface area contributed by atoms with Gasteiger partial charge in [-0.2, -0.15) is 0 Å². The Hall–Kier alpha value is -1.43. The van der Waals surface area contributed by atoms with E-state index in [0.717, 1.165) is 7.11 Å². The van der Waals surface area contributed by atoms with Crippen LogP contribution in [0, 0.1) is 0 Å². The molecule has 1 aromatic carbocycles. The van der Waals surface area contributed by atoms with E-state index in [1.807, 2.05) is 6.07 Å². The maximum atomic E-state index is 10.8. The minimum absolute atomic E-state index is 0.0943. The molecule has 0 aliphatic carbocycles. The Morgan fingerprint density at radius 2 is 1.93 bits per heavy atom. The Morgan fingerprint density at radius 1 is 1.33 bits per heavy atom. The number of ether oxygens (including phenoxy) is 2. The smallest absolute Gasteiger partial charge is 0.397 e. The summed E-state index contributed by atoms with van der Waals surface area (Å²) in [6.45, 7) is -0.0943. The molecule has 0 aromatic heterocycles. The lowest BCUT2D eigenvalue weighted by atomic mass is 10.2. The molecule has 1 rings (SSSR count). The molecule has 0 saturated heterocycles. The van der Waals surface area contributed by atoms with Crippen LogP contribution in [0.1, 0.15) is 5.56 Å². The van der Waals surface area contributed by atoms with Crippen molar-refractivity contribution in [3.05, 3.63) is 35.9 Å². The zero-order valence-corrected chi connectivity index (χ0v) is 8.21. The number of carbonyl (C=O) groups is 1. The molecular formula is C10H12O5. The summed E-state index contributed by atoms with van der Waals surface area (Å²) in [6, 6.07) is 8.82. The van der Waals surface area contributed by atoms with Gasteiger partial charge in [0.15, 0.2) is 0 Å². The fourth-order valence-corrected chi connectivity index (χ4v) is 0.950. The van der Waals surface area contributed by atoms with Gasteiger partial charge in [-0.05, 0) is 5.56 Å². The Balaban J connectivity index is 2.53. The lowest BCUT2D eigenvalue weighted by molar-refractivity contribution is -0.329. The predicted octanol–water partition coefficient (Wildman–Crippen LogP) is 0.0146. The van der Waals surface area contributed by atoms with E-state index in [0.29, 0.717) is 5.56 Å². The SMILES string of the molecule is COC(=O)C(O)(O)OCc1ccccc1. The molecule has 0 spiro atoms. The molecule has 0 fully saturated rings. The molecule has 0 aliphatic rings. The second-order valence-electron chi connectivity index (χ2n) is 2.87. The van der Waals surface area contributed by atoms with Crippen LogP contribution in [0.5, 0.6) is 0 Å². The lowest BCUT2D eigenvalue weighted by Crippen LogP contribution is -2.42. The van der Waals surface area contributed by atoms with Crippen molar-refractivity contribution in [2.24, 2.45) is 0 Å². The highest BCUT2D eigenvalue weighted by Gasteiger charge is 2.36. The first-order chi connectivity index (χ1) is 7.06. The summed E-state index contributed by atoms with van der Waals surface area (Å²) < 4.78 is 8.74. The molecule has 15 heavy (non-hydrogen) atoms. The lowest BCUT2D eigenvalue weighted by Gasteiger charge is -2.18. The normalized spacial score (nSPS) is 11.1. The molecule has 82 valence electrons. The number of aliphatic hydroxyl groups is 2. The van der Waals surface area contributed by atoms with Crippen LogP contribution < -0.4 is 0 Å². The van der Waals surface area contributed by atoms with E-state index < -0.39 is 11.9 Å². The van der Waals surface area contributed by atoms with Gasteiger partial charge in [0.05, 0.1) is 13.7 Å². The van der Waals surface area contributed by atoms with Gasteiger partial charge in [-0.25, -0.2) is 4.79 Å². The molecule has 0 heterocycles. The van der Waals surface area contributed by atoms with E-state index >= 15 is 0 Å². The summed E-state index contributed by atoms with van der Waals surface area (Å²) in [5, 5.41) is 18.2. The van der Waals surface area contributed by atoms with Crippen molar-refractivity contribution in [1.29, 1.82) is 0 Å². The third-order valence-corrected chi connectivity index (χ3v) is 1.73. The Labute approximate surface area is 86.9 Å². The second kappa shape index (κ2) is 4.88. The van der Waals surface area contributed by atoms with Crippen LogP contribution in [-0.4, -0.2) is 29.3 Å². The highest BCUT2D eigenvalue weighted by atomic mass is 16.8. The monoisotopic (exact) mass is 212 g/mol. The van der Waals surface area contributed by atoms with Gasteiger partial charge >= 0.3 is 11.9 Å². The van der Waals surface area contributed by atoms with E-state index in [1.165, 1.54) is 0 Å². The van der Waals surface area contributed by atoms with Crippen molar-refractivity contribution in [2.45, 2.75) is 12.6 Å². The van der Waals surface area contributed by atoms with Crippen molar-refractivity contribution >= 4 is 5.97 Å². The number of hydrogen-bond donors (Lipinski definition) is 2. The van der Waals surface area contributed by atoms with E-state index in [2.05, 4.69) is 9.47 Å². The zero-order valence-electron chi connectivity index (χ0n) is 8.21. The molecule has 2 N–H and O–H groups in total. The first-order valence-corrected chi connectivity index (χ1v) is 4.27. The average Bonchev–Trinajstić information content (AvgIpc) is 2.27. The average molecular weight is 212 g/mol. The maximum Gasteiger partial charge on any atom is 0.397 e. The number of hydrogen-bond acceptors (Lipinski definition) is 5. The molecule has 0 radical (unpaired) electrons. The van der Waals surface area contributed by atoms with Gasteiger partial charge in [-0.15, -0.1) is 0 Å². The van der Waals surface area contributed by atoms with Crippen molar-refractivity contribution in [1.82, 2.24) is 0 Å². The summed E-state index contributed by atoms with van der Waals surface area (Å²) in [4.78, 5) is 10.8. The van der Waals surface area contributed by atoms with E-state index in [1.54, 1.807) is 24.3 Å². The molecule has 1 aromatic rings. The minimum Gasteiger partial charge on any atom is -0.463 e. The third kappa shape index (κ3) is 3.32. The van der Waals surface area contributed by atoms with Gasteiger partial charge in [-0.1, -0.05) is 30.3 Å². The maximum absolute atomic E-state index is 10.8. The molecule has 0 unspecified atom stereocenters. The standard InChI is InChI=1S/C10H12O5/c1-14-9(11)10(12,13)15-7-8-5-3-2-4-6-8/h2-6,12-13H,7H2,1H3. The molecule has 5 heteroatoms. The highest BCUT2D eigenvalue weighted by Crippen LogP contribution is 2.09. The van der Waals surface area contributed by atoms with Gasteiger partial charge in [-0.3, -0.25) is 0 Å². The summed E-state index contributed by atoms with van der Waals surface area (Å²) in [7, 11) is 1.04.